The van der Waals surface area contributed by atoms with Gasteiger partial charge in [0.15, 0.2) is 16.2 Å². The third-order valence-corrected chi connectivity index (χ3v) is 2.99. The third kappa shape index (κ3) is 1.52. The van der Waals surface area contributed by atoms with Crippen LogP contribution >= 0.6 is 12.2 Å². The van der Waals surface area contributed by atoms with Crippen LogP contribution in [0.5, 0.6) is 5.88 Å². The van der Waals surface area contributed by atoms with E-state index in [1.165, 1.54) is 0 Å². The lowest BCUT2D eigenvalue weighted by Crippen LogP contribution is -1.98. The van der Waals surface area contributed by atoms with Crippen molar-refractivity contribution < 1.29 is 4.74 Å². The van der Waals surface area contributed by atoms with Crippen molar-refractivity contribution in [1.29, 1.82) is 0 Å². The van der Waals surface area contributed by atoms with Crippen LogP contribution in [0, 0.1) is 4.77 Å². The molecule has 0 saturated carbocycles. The molecule has 0 saturated heterocycles. The molecule has 18 heavy (non-hydrogen) atoms. The molecule has 0 amide bonds. The van der Waals surface area contributed by atoms with Crippen LogP contribution in [0.25, 0.3) is 17.0 Å². The Kier molecular flexibility index (Phi) is 2.41. The number of hydrogen-bond acceptors (Lipinski definition) is 4. The van der Waals surface area contributed by atoms with E-state index in [-0.39, 0.29) is 0 Å². The normalized spacial score (nSPS) is 11.0. The van der Waals surface area contributed by atoms with Gasteiger partial charge in [0.1, 0.15) is 0 Å². The summed E-state index contributed by atoms with van der Waals surface area (Å²) < 4.78 is 9.19. The molecule has 0 spiro atoms. The predicted octanol–water partition coefficient (Wildman–Crippen LogP) is 1.83. The van der Waals surface area contributed by atoms with Gasteiger partial charge >= 0.3 is 0 Å². The van der Waals surface area contributed by atoms with Crippen molar-refractivity contribution in [3.05, 3.63) is 29.2 Å². The Hall–Kier alpha value is -2.15. The quantitative estimate of drug-likeness (QED) is 0.715. The molecule has 0 radical (unpaired) electrons. The van der Waals surface area contributed by atoms with E-state index in [4.69, 9.17) is 17.0 Å². The minimum atomic E-state index is 0.560. The number of H-pyrrole nitrogens is 1. The average Bonchev–Trinajstić information content (AvgIpc) is 2.88. The second-order valence-electron chi connectivity index (χ2n) is 3.81. The lowest BCUT2D eigenvalue weighted by atomic mass is 10.4. The first-order valence-corrected chi connectivity index (χ1v) is 5.75. The fourth-order valence-corrected chi connectivity index (χ4v) is 2.18. The maximum Gasteiger partial charge on any atom is 0.213 e. The number of pyridine rings is 1. The standard InChI is InChI=1S/C11H11N5OS/c1-15-9(17-2)6-8(14-15)16-10-7(13-11(16)18)4-3-5-12-10/h3-6H,1-2H3,(H,13,18). The molecule has 0 fully saturated rings. The van der Waals surface area contributed by atoms with E-state index in [0.717, 1.165) is 11.2 Å². The van der Waals surface area contributed by atoms with Gasteiger partial charge in [-0.2, -0.15) is 5.10 Å². The Morgan fingerprint density at radius 3 is 3.00 bits per heavy atom. The second kappa shape index (κ2) is 3.95. The molecule has 3 aromatic rings. The Morgan fingerprint density at radius 1 is 1.44 bits per heavy atom. The molecule has 0 atom stereocenters. The van der Waals surface area contributed by atoms with Gasteiger partial charge < -0.3 is 9.72 Å². The minimum Gasteiger partial charge on any atom is -0.481 e. The van der Waals surface area contributed by atoms with Gasteiger partial charge in [0, 0.05) is 19.3 Å². The van der Waals surface area contributed by atoms with E-state index < -0.39 is 0 Å². The van der Waals surface area contributed by atoms with E-state index in [1.807, 2.05) is 25.2 Å². The summed E-state index contributed by atoms with van der Waals surface area (Å²) in [5.74, 6) is 1.35. The Bertz CT molecular complexity index is 769. The second-order valence-corrected chi connectivity index (χ2v) is 4.20. The molecule has 0 aliphatic rings. The fraction of sp³-hybridized carbons (Fsp3) is 0.182. The molecule has 3 rings (SSSR count). The van der Waals surface area contributed by atoms with Gasteiger partial charge in [0.2, 0.25) is 5.88 Å². The highest BCUT2D eigenvalue weighted by Crippen LogP contribution is 2.19. The number of hydrogen-bond donors (Lipinski definition) is 1. The molecule has 1 N–H and O–H groups in total. The van der Waals surface area contributed by atoms with Crippen LogP contribution in [0.2, 0.25) is 0 Å². The van der Waals surface area contributed by atoms with Crippen LogP contribution in [0.15, 0.2) is 24.4 Å². The Labute approximate surface area is 108 Å². The number of aromatic nitrogens is 5. The largest absolute Gasteiger partial charge is 0.481 e. The Balaban J connectivity index is 2.30. The average molecular weight is 261 g/mol. The number of aryl methyl sites for hydroxylation is 1. The number of aromatic amines is 1. The topological polar surface area (TPSA) is 60.7 Å². The SMILES string of the molecule is COc1cc(-n2c(=S)[nH]c3cccnc32)nn1C. The van der Waals surface area contributed by atoms with Crippen molar-refractivity contribution in [3.63, 3.8) is 0 Å². The lowest BCUT2D eigenvalue weighted by Gasteiger charge is -1.97. The van der Waals surface area contributed by atoms with Crippen molar-refractivity contribution in [2.45, 2.75) is 0 Å². The van der Waals surface area contributed by atoms with Gasteiger partial charge in [-0.15, -0.1) is 0 Å². The number of rotatable bonds is 2. The van der Waals surface area contributed by atoms with E-state index >= 15 is 0 Å². The van der Waals surface area contributed by atoms with E-state index in [9.17, 15) is 0 Å². The van der Waals surface area contributed by atoms with Gasteiger partial charge in [-0.3, -0.25) is 4.57 Å². The number of methoxy groups -OCH3 is 1. The third-order valence-electron chi connectivity index (χ3n) is 2.71. The summed E-state index contributed by atoms with van der Waals surface area (Å²) >= 11 is 5.30. The summed E-state index contributed by atoms with van der Waals surface area (Å²) in [4.78, 5) is 7.42. The van der Waals surface area contributed by atoms with Crippen LogP contribution in [0.1, 0.15) is 0 Å². The van der Waals surface area contributed by atoms with Crippen molar-refractivity contribution in [3.8, 4) is 11.7 Å². The van der Waals surface area contributed by atoms with Crippen LogP contribution in [-0.4, -0.2) is 31.4 Å². The highest BCUT2D eigenvalue weighted by molar-refractivity contribution is 7.71. The molecule has 0 aliphatic heterocycles. The van der Waals surface area contributed by atoms with Crippen molar-refractivity contribution in [2.75, 3.05) is 7.11 Å². The van der Waals surface area contributed by atoms with Crippen LogP contribution in [0.3, 0.4) is 0 Å². The summed E-state index contributed by atoms with van der Waals surface area (Å²) in [6.45, 7) is 0. The number of imidazole rings is 1. The molecule has 3 aromatic heterocycles. The van der Waals surface area contributed by atoms with Gasteiger partial charge in [0.25, 0.3) is 0 Å². The van der Waals surface area contributed by atoms with Gasteiger partial charge in [0.05, 0.1) is 12.6 Å². The van der Waals surface area contributed by atoms with Gasteiger partial charge in [-0.05, 0) is 24.4 Å². The predicted molar refractivity (Wildman–Crippen MR) is 69.6 cm³/mol. The first-order chi connectivity index (χ1) is 8.70. The molecule has 92 valence electrons. The van der Waals surface area contributed by atoms with E-state index in [0.29, 0.717) is 16.5 Å². The van der Waals surface area contributed by atoms with Crippen LogP contribution < -0.4 is 4.74 Å². The van der Waals surface area contributed by atoms with E-state index in [1.54, 1.807) is 22.6 Å². The summed E-state index contributed by atoms with van der Waals surface area (Å²) in [5, 5.41) is 4.36. The molecule has 0 aliphatic carbocycles. The zero-order chi connectivity index (χ0) is 12.7. The number of fused-ring (bicyclic) bond motifs is 1. The molecule has 6 nitrogen and oxygen atoms in total. The van der Waals surface area contributed by atoms with Crippen LogP contribution in [0.4, 0.5) is 0 Å². The highest BCUT2D eigenvalue weighted by atomic mass is 32.1. The monoisotopic (exact) mass is 261 g/mol. The maximum atomic E-state index is 5.30. The summed E-state index contributed by atoms with van der Waals surface area (Å²) in [6, 6.07) is 5.60. The smallest absolute Gasteiger partial charge is 0.213 e. The number of nitrogens with one attached hydrogen (secondary N) is 1. The molecular weight excluding hydrogens is 250 g/mol. The zero-order valence-electron chi connectivity index (χ0n) is 9.91. The molecule has 0 aromatic carbocycles. The van der Waals surface area contributed by atoms with Crippen LogP contribution in [-0.2, 0) is 7.05 Å². The molecule has 3 heterocycles. The minimum absolute atomic E-state index is 0.560. The zero-order valence-corrected chi connectivity index (χ0v) is 10.7. The van der Waals surface area contributed by atoms with Crippen molar-refractivity contribution in [2.24, 2.45) is 7.05 Å². The summed E-state index contributed by atoms with van der Waals surface area (Å²) in [5.41, 5.74) is 1.63. The van der Waals surface area contributed by atoms with Crippen molar-refractivity contribution >= 4 is 23.4 Å². The first-order valence-electron chi connectivity index (χ1n) is 5.35. The molecule has 0 unspecified atom stereocenters. The first kappa shape index (κ1) is 11.0. The van der Waals surface area contributed by atoms with Crippen molar-refractivity contribution in [1.82, 2.24) is 24.3 Å². The van der Waals surface area contributed by atoms with Gasteiger partial charge in [-0.1, -0.05) is 0 Å². The number of nitrogens with zero attached hydrogens (tertiary/aromatic N) is 4. The maximum absolute atomic E-state index is 5.30. The number of ether oxygens (including phenoxy) is 1. The highest BCUT2D eigenvalue weighted by Gasteiger charge is 2.12. The summed E-state index contributed by atoms with van der Waals surface area (Å²) in [7, 11) is 3.42. The Morgan fingerprint density at radius 2 is 2.28 bits per heavy atom. The molecule has 7 heteroatoms. The lowest BCUT2D eigenvalue weighted by molar-refractivity contribution is 0.373. The van der Waals surface area contributed by atoms with Gasteiger partial charge in [-0.25, -0.2) is 9.67 Å². The fourth-order valence-electron chi connectivity index (χ4n) is 1.89. The molecular formula is C11H11N5OS. The molecule has 0 bridgehead atoms. The summed E-state index contributed by atoms with van der Waals surface area (Å²) in [6.07, 6.45) is 1.72. The van der Waals surface area contributed by atoms with E-state index in [2.05, 4.69) is 15.1 Å².